The van der Waals surface area contributed by atoms with E-state index in [9.17, 15) is 13.5 Å². The van der Waals surface area contributed by atoms with Crippen molar-refractivity contribution < 1.29 is 13.5 Å². The van der Waals surface area contributed by atoms with Crippen molar-refractivity contribution in [2.75, 3.05) is 0 Å². The van der Waals surface area contributed by atoms with E-state index in [0.717, 1.165) is 6.07 Å². The first-order valence-corrected chi connectivity index (χ1v) is 5.85. The zero-order valence-corrected chi connectivity index (χ0v) is 8.72. The second kappa shape index (κ2) is 3.48. The summed E-state index contributed by atoms with van der Waals surface area (Å²) in [7, 11) is 1.21. The molecule has 0 saturated heterocycles. The predicted molar refractivity (Wildman–Crippen MR) is 50.6 cm³/mol. The highest BCUT2D eigenvalue weighted by molar-refractivity contribution is 8.13. The van der Waals surface area contributed by atoms with Crippen LogP contribution in [0.3, 0.4) is 0 Å². The molecule has 1 aromatic rings. The molecule has 0 aliphatic carbocycles. The molecule has 0 bridgehead atoms. The number of rotatable bonds is 1. The van der Waals surface area contributed by atoms with Gasteiger partial charge in [-0.25, -0.2) is 8.42 Å². The summed E-state index contributed by atoms with van der Waals surface area (Å²) in [5.41, 5.74) is 0.417. The highest BCUT2D eigenvalue weighted by Crippen LogP contribution is 2.26. The van der Waals surface area contributed by atoms with Crippen LogP contribution in [0.25, 0.3) is 0 Å². The number of aryl methyl sites for hydroxylation is 1. The van der Waals surface area contributed by atoms with Gasteiger partial charge in [-0.3, -0.25) is 0 Å². The highest BCUT2D eigenvalue weighted by Gasteiger charge is 2.14. The Kier molecular flexibility index (Phi) is 2.69. The number of phenolic OH excluding ortho intramolecular Hbond substituents is 1. The average molecular weight is 232 g/mol. The predicted octanol–water partition coefficient (Wildman–Crippen LogP) is 1.50. The van der Waals surface area contributed by atoms with Gasteiger partial charge in [0.15, 0.2) is 0 Å². The molecule has 0 aliphatic heterocycles. The fourth-order valence-electron chi connectivity index (χ4n) is 1.02. The van der Waals surface area contributed by atoms with Crippen molar-refractivity contribution in [2.24, 2.45) is 0 Å². The van der Waals surface area contributed by atoms with Crippen molar-refractivity contribution in [1.29, 1.82) is 5.26 Å². The van der Waals surface area contributed by atoms with E-state index in [0.29, 0.717) is 5.56 Å². The molecule has 0 unspecified atom stereocenters. The van der Waals surface area contributed by atoms with E-state index in [1.807, 2.05) is 0 Å². The van der Waals surface area contributed by atoms with Gasteiger partial charge in [-0.05, 0) is 18.6 Å². The Hall–Kier alpha value is -1.25. The van der Waals surface area contributed by atoms with Crippen molar-refractivity contribution in [3.8, 4) is 11.8 Å². The van der Waals surface area contributed by atoms with Crippen molar-refractivity contribution in [3.05, 3.63) is 23.3 Å². The van der Waals surface area contributed by atoms with Crippen LogP contribution in [0, 0.1) is 18.3 Å². The molecule has 0 heterocycles. The lowest BCUT2D eigenvalue weighted by Crippen LogP contribution is -1.93. The summed E-state index contributed by atoms with van der Waals surface area (Å²) >= 11 is 0. The third-order valence-electron chi connectivity index (χ3n) is 1.68. The molecule has 0 atom stereocenters. The van der Waals surface area contributed by atoms with Gasteiger partial charge in [0.25, 0.3) is 9.05 Å². The molecule has 0 aromatic heterocycles. The van der Waals surface area contributed by atoms with Crippen molar-refractivity contribution >= 4 is 19.7 Å². The summed E-state index contributed by atoms with van der Waals surface area (Å²) in [6.45, 7) is 1.52. The lowest BCUT2D eigenvalue weighted by Gasteiger charge is -2.03. The Morgan fingerprint density at radius 3 is 2.43 bits per heavy atom. The monoisotopic (exact) mass is 231 g/mol. The summed E-state index contributed by atoms with van der Waals surface area (Å²) < 4.78 is 21.8. The van der Waals surface area contributed by atoms with E-state index in [2.05, 4.69) is 0 Å². The molecule has 0 saturated carbocycles. The van der Waals surface area contributed by atoms with E-state index in [4.69, 9.17) is 15.9 Å². The maximum absolute atomic E-state index is 10.9. The van der Waals surface area contributed by atoms with Gasteiger partial charge in [-0.1, -0.05) is 0 Å². The molecule has 14 heavy (non-hydrogen) atoms. The third kappa shape index (κ3) is 1.97. The van der Waals surface area contributed by atoms with Gasteiger partial charge in [-0.2, -0.15) is 5.26 Å². The molecule has 4 nitrogen and oxygen atoms in total. The van der Waals surface area contributed by atoms with Crippen LogP contribution < -0.4 is 0 Å². The fraction of sp³-hybridized carbons (Fsp3) is 0.125. The minimum atomic E-state index is -3.87. The van der Waals surface area contributed by atoms with Gasteiger partial charge in [0.1, 0.15) is 11.8 Å². The lowest BCUT2D eigenvalue weighted by molar-refractivity contribution is 0.471. The average Bonchev–Trinajstić information content (AvgIpc) is 2.01. The lowest BCUT2D eigenvalue weighted by atomic mass is 10.1. The van der Waals surface area contributed by atoms with E-state index in [1.54, 1.807) is 6.07 Å². The maximum Gasteiger partial charge on any atom is 0.261 e. The van der Waals surface area contributed by atoms with E-state index < -0.39 is 9.05 Å². The smallest absolute Gasteiger partial charge is 0.261 e. The van der Waals surface area contributed by atoms with Gasteiger partial charge in [0, 0.05) is 16.7 Å². The Morgan fingerprint density at radius 1 is 1.50 bits per heavy atom. The normalized spacial score (nSPS) is 10.9. The summed E-state index contributed by atoms with van der Waals surface area (Å²) in [4.78, 5) is -0.215. The van der Waals surface area contributed by atoms with Crippen LogP contribution in [-0.4, -0.2) is 13.5 Å². The van der Waals surface area contributed by atoms with Gasteiger partial charge in [0.2, 0.25) is 0 Å². The summed E-state index contributed by atoms with van der Waals surface area (Å²) in [6.07, 6.45) is 0. The van der Waals surface area contributed by atoms with Crippen LogP contribution in [-0.2, 0) is 9.05 Å². The molecular weight excluding hydrogens is 226 g/mol. The zero-order chi connectivity index (χ0) is 10.9. The second-order valence-electron chi connectivity index (χ2n) is 2.68. The topological polar surface area (TPSA) is 78.2 Å². The van der Waals surface area contributed by atoms with Crippen molar-refractivity contribution in [1.82, 2.24) is 0 Å². The molecule has 74 valence electrons. The number of nitriles is 1. The molecular formula is C8H6ClNO3S. The fourth-order valence-corrected chi connectivity index (χ4v) is 1.86. The summed E-state index contributed by atoms with van der Waals surface area (Å²) in [5.74, 6) is -0.383. The quantitative estimate of drug-likeness (QED) is 0.743. The van der Waals surface area contributed by atoms with Crippen LogP contribution in [0.4, 0.5) is 0 Å². The number of benzene rings is 1. The number of nitrogens with zero attached hydrogens (tertiary/aromatic N) is 1. The number of aromatic hydroxyl groups is 1. The van der Waals surface area contributed by atoms with E-state index >= 15 is 0 Å². The largest absolute Gasteiger partial charge is 0.507 e. The van der Waals surface area contributed by atoms with E-state index in [1.165, 1.54) is 13.0 Å². The molecule has 1 aromatic carbocycles. The zero-order valence-electron chi connectivity index (χ0n) is 7.15. The molecule has 1 N–H and O–H groups in total. The standard InChI is InChI=1S/C8H6ClNO3S/c1-5-2-6(14(9,12)13)3-8(11)7(5)4-10/h2-3,11H,1H3. The molecule has 0 amide bonds. The van der Waals surface area contributed by atoms with Crippen molar-refractivity contribution in [2.45, 2.75) is 11.8 Å². The second-order valence-corrected chi connectivity index (χ2v) is 5.25. The van der Waals surface area contributed by atoms with Crippen LogP contribution in [0.1, 0.15) is 11.1 Å². The molecule has 1 rings (SSSR count). The van der Waals surface area contributed by atoms with Gasteiger partial charge >= 0.3 is 0 Å². The highest BCUT2D eigenvalue weighted by atomic mass is 35.7. The van der Waals surface area contributed by atoms with Crippen LogP contribution in [0.15, 0.2) is 17.0 Å². The number of halogens is 1. The molecule has 0 fully saturated rings. The Bertz CT molecular complexity index is 493. The number of phenols is 1. The number of hydrogen-bond acceptors (Lipinski definition) is 4. The van der Waals surface area contributed by atoms with E-state index in [-0.39, 0.29) is 16.2 Å². The van der Waals surface area contributed by atoms with Crippen LogP contribution in [0.2, 0.25) is 0 Å². The SMILES string of the molecule is Cc1cc(S(=O)(=O)Cl)cc(O)c1C#N. The van der Waals surface area contributed by atoms with Gasteiger partial charge < -0.3 is 5.11 Å². The van der Waals surface area contributed by atoms with Crippen LogP contribution in [0.5, 0.6) is 5.75 Å². The Morgan fingerprint density at radius 2 is 2.07 bits per heavy atom. The van der Waals surface area contributed by atoms with Gasteiger partial charge in [-0.15, -0.1) is 0 Å². The maximum atomic E-state index is 10.9. The summed E-state index contributed by atoms with van der Waals surface area (Å²) in [6, 6.07) is 3.94. The third-order valence-corrected chi connectivity index (χ3v) is 3.01. The minimum Gasteiger partial charge on any atom is -0.507 e. The minimum absolute atomic E-state index is 0.0501. The first-order valence-electron chi connectivity index (χ1n) is 3.54. The van der Waals surface area contributed by atoms with Crippen LogP contribution >= 0.6 is 10.7 Å². The molecule has 0 spiro atoms. The molecule has 0 aliphatic rings. The summed E-state index contributed by atoms with van der Waals surface area (Å²) in [5, 5.41) is 17.9. The van der Waals surface area contributed by atoms with Gasteiger partial charge in [0.05, 0.1) is 10.5 Å². The first kappa shape index (κ1) is 10.8. The Labute approximate surface area is 85.8 Å². The molecule has 0 radical (unpaired) electrons. The van der Waals surface area contributed by atoms with Crippen molar-refractivity contribution in [3.63, 3.8) is 0 Å². The first-order chi connectivity index (χ1) is 6.36. The number of hydrogen-bond donors (Lipinski definition) is 1. The molecule has 6 heteroatoms. The Balaban J connectivity index is 3.53.